The van der Waals surface area contributed by atoms with E-state index in [0.717, 1.165) is 20.9 Å². The van der Waals surface area contributed by atoms with E-state index in [0.29, 0.717) is 5.56 Å². The van der Waals surface area contributed by atoms with Crippen LogP contribution in [0.2, 0.25) is 0 Å². The zero-order chi connectivity index (χ0) is 26.6. The quantitative estimate of drug-likeness (QED) is 0.216. The maximum atomic E-state index is 14.0. The summed E-state index contributed by atoms with van der Waals surface area (Å²) >= 11 is 1.55. The first-order valence-corrected chi connectivity index (χ1v) is 14.2. The second kappa shape index (κ2) is 10.9. The van der Waals surface area contributed by atoms with Crippen molar-refractivity contribution in [3.05, 3.63) is 125 Å². The first kappa shape index (κ1) is 26.6. The lowest BCUT2D eigenvalue weighted by atomic mass is 9.90. The minimum atomic E-state index is -4.21. The van der Waals surface area contributed by atoms with Crippen molar-refractivity contribution >= 4 is 33.2 Å². The van der Waals surface area contributed by atoms with E-state index in [1.807, 2.05) is 43.3 Å². The second-order valence-corrected chi connectivity index (χ2v) is 12.8. The van der Waals surface area contributed by atoms with Gasteiger partial charge in [0.25, 0.3) is 0 Å². The summed E-state index contributed by atoms with van der Waals surface area (Å²) in [6.45, 7) is 5.02. The van der Waals surface area contributed by atoms with Crippen molar-refractivity contribution in [2.75, 3.05) is 0 Å². The number of benzene rings is 4. The summed E-state index contributed by atoms with van der Waals surface area (Å²) in [7, 11) is -4.21. The van der Waals surface area contributed by atoms with Crippen LogP contribution in [0.15, 0.2) is 118 Å². The Hall–Kier alpha value is -3.48. The number of hydrogen-bond acceptors (Lipinski definition) is 5. The van der Waals surface area contributed by atoms with Crippen molar-refractivity contribution in [1.29, 1.82) is 0 Å². The molecule has 0 saturated carbocycles. The molecule has 6 heteroatoms. The number of carbonyl (C=O) groups excluding carboxylic acids is 2. The fourth-order valence-corrected chi connectivity index (χ4v) is 6.70. The molecule has 0 fully saturated rings. The van der Waals surface area contributed by atoms with Gasteiger partial charge >= 0.3 is 0 Å². The van der Waals surface area contributed by atoms with Crippen molar-refractivity contribution in [2.24, 2.45) is 0 Å². The number of rotatable bonds is 9. The molecule has 0 radical (unpaired) electrons. The van der Waals surface area contributed by atoms with Crippen LogP contribution in [0.5, 0.6) is 0 Å². The smallest absolute Gasteiger partial charge is 0.191 e. The maximum Gasteiger partial charge on any atom is 0.191 e. The third-order valence-electron chi connectivity index (χ3n) is 6.44. The second-order valence-electron chi connectivity index (χ2n) is 9.23. The third-order valence-corrected chi connectivity index (χ3v) is 9.87. The van der Waals surface area contributed by atoms with Gasteiger partial charge in [0.05, 0.1) is 4.90 Å². The maximum absolute atomic E-state index is 14.0. The summed E-state index contributed by atoms with van der Waals surface area (Å²) in [5, 5.41) is 0. The van der Waals surface area contributed by atoms with Crippen molar-refractivity contribution < 1.29 is 18.0 Å². The van der Waals surface area contributed by atoms with E-state index >= 15 is 0 Å². The fraction of sp³-hybridized carbons (Fsp3) is 0.161. The van der Waals surface area contributed by atoms with E-state index in [4.69, 9.17) is 0 Å². The van der Waals surface area contributed by atoms with E-state index < -0.39 is 26.8 Å². The topological polar surface area (TPSA) is 68.3 Å². The number of Topliss-reactive ketones (excluding diaryl/α,β-unsaturated/α-hetero) is 2. The predicted molar refractivity (Wildman–Crippen MR) is 148 cm³/mol. The highest BCUT2D eigenvalue weighted by atomic mass is 32.2. The molecule has 4 aromatic carbocycles. The third kappa shape index (κ3) is 5.60. The largest absolute Gasteiger partial charge is 0.294 e. The van der Waals surface area contributed by atoms with Gasteiger partial charge in [-0.2, -0.15) is 0 Å². The average Bonchev–Trinajstić information content (AvgIpc) is 2.89. The van der Waals surface area contributed by atoms with Crippen LogP contribution in [0.25, 0.3) is 0 Å². The summed E-state index contributed by atoms with van der Waals surface area (Å²) in [4.78, 5) is 29.3. The van der Waals surface area contributed by atoms with Gasteiger partial charge in [-0.25, -0.2) is 8.42 Å². The van der Waals surface area contributed by atoms with Crippen molar-refractivity contribution in [3.8, 4) is 0 Å². The highest BCUT2D eigenvalue weighted by Crippen LogP contribution is 2.35. The summed E-state index contributed by atoms with van der Waals surface area (Å²) in [5.74, 6) is -0.993. The van der Waals surface area contributed by atoms with Gasteiger partial charge in [0.15, 0.2) is 21.4 Å². The fourth-order valence-electron chi connectivity index (χ4n) is 4.17. The molecule has 0 amide bonds. The Bertz CT molecular complexity index is 1520. The lowest BCUT2D eigenvalue weighted by Crippen LogP contribution is -2.45. The molecule has 0 N–H and O–H groups in total. The van der Waals surface area contributed by atoms with Crippen LogP contribution >= 0.6 is 11.8 Å². The van der Waals surface area contributed by atoms with E-state index in [2.05, 4.69) is 0 Å². The monoisotopic (exact) mass is 528 g/mol. The van der Waals surface area contributed by atoms with Gasteiger partial charge in [-0.1, -0.05) is 84.1 Å². The van der Waals surface area contributed by atoms with Gasteiger partial charge in [-0.3, -0.25) is 9.59 Å². The molecular weight excluding hydrogens is 500 g/mol. The number of sulfone groups is 1. The zero-order valence-electron chi connectivity index (χ0n) is 21.0. The Morgan fingerprint density at radius 1 is 0.730 bits per heavy atom. The van der Waals surface area contributed by atoms with Gasteiger partial charge in [-0.05, 0) is 62.7 Å². The Morgan fingerprint density at radius 3 is 1.92 bits per heavy atom. The molecule has 1 atom stereocenters. The summed E-state index contributed by atoms with van der Waals surface area (Å²) in [6, 6.07) is 30.1. The van der Waals surface area contributed by atoms with Crippen LogP contribution in [-0.2, 0) is 9.84 Å². The van der Waals surface area contributed by atoms with Crippen LogP contribution in [0.1, 0.15) is 45.2 Å². The average molecular weight is 529 g/mol. The number of carbonyl (C=O) groups is 2. The molecule has 4 aromatic rings. The van der Waals surface area contributed by atoms with Crippen LogP contribution < -0.4 is 0 Å². The molecule has 0 aromatic heterocycles. The van der Waals surface area contributed by atoms with Crippen LogP contribution in [0, 0.1) is 13.8 Å². The molecule has 188 valence electrons. The van der Waals surface area contributed by atoms with Crippen molar-refractivity contribution in [3.63, 3.8) is 0 Å². The summed E-state index contributed by atoms with van der Waals surface area (Å²) in [5.41, 5.74) is 2.29. The highest BCUT2D eigenvalue weighted by Gasteiger charge is 2.49. The molecule has 0 aliphatic rings. The molecule has 0 aliphatic carbocycles. The first-order chi connectivity index (χ1) is 17.6. The normalized spacial score (nSPS) is 13.1. The zero-order valence-corrected chi connectivity index (χ0v) is 22.6. The van der Waals surface area contributed by atoms with E-state index in [-0.39, 0.29) is 16.2 Å². The van der Waals surface area contributed by atoms with Crippen LogP contribution in [-0.4, -0.2) is 24.7 Å². The van der Waals surface area contributed by atoms with E-state index in [9.17, 15) is 18.0 Å². The molecule has 0 saturated heterocycles. The highest BCUT2D eigenvalue weighted by molar-refractivity contribution is 7.99. The Labute approximate surface area is 222 Å². The Morgan fingerprint density at radius 2 is 1.30 bits per heavy atom. The number of ketones is 2. The first-order valence-electron chi connectivity index (χ1n) is 11.9. The molecule has 1 unspecified atom stereocenters. The van der Waals surface area contributed by atoms with Gasteiger partial charge in [-0.15, -0.1) is 0 Å². The molecular formula is C31H28O4S2. The molecule has 0 spiro atoms. The SMILES string of the molecule is Cc1ccc(S(=O)(=O)C(C)(CC(=O)c2ccccc2C)C(=O)c2ccc(Sc3ccccc3)cc2)cc1. The number of aryl methyl sites for hydroxylation is 2. The Balaban J connectivity index is 1.73. The van der Waals surface area contributed by atoms with Gasteiger partial charge in [0, 0.05) is 27.3 Å². The molecule has 0 heterocycles. The molecule has 4 nitrogen and oxygen atoms in total. The minimum Gasteiger partial charge on any atom is -0.294 e. The summed E-state index contributed by atoms with van der Waals surface area (Å²) in [6.07, 6.45) is -0.465. The van der Waals surface area contributed by atoms with E-state index in [1.54, 1.807) is 73.3 Å². The molecule has 37 heavy (non-hydrogen) atoms. The standard InChI is InChI=1S/C31H28O4S2/c1-22-13-19-27(20-14-22)37(34,35)31(3,21-29(32)28-12-8-7-9-23(28)2)30(33)24-15-17-26(18-16-24)36-25-10-5-4-6-11-25/h4-20H,21H2,1-3H3. The van der Waals surface area contributed by atoms with Crippen LogP contribution in [0.3, 0.4) is 0 Å². The Kier molecular flexibility index (Phi) is 7.81. The minimum absolute atomic E-state index is 0.0165. The molecule has 4 rings (SSSR count). The van der Waals surface area contributed by atoms with Gasteiger partial charge < -0.3 is 0 Å². The lowest BCUT2D eigenvalue weighted by molar-refractivity contribution is 0.0879. The molecule has 0 bridgehead atoms. The van der Waals surface area contributed by atoms with Crippen molar-refractivity contribution in [2.45, 2.75) is 46.6 Å². The predicted octanol–water partition coefficient (Wildman–Crippen LogP) is 7.14. The van der Waals surface area contributed by atoms with Crippen molar-refractivity contribution in [1.82, 2.24) is 0 Å². The lowest BCUT2D eigenvalue weighted by Gasteiger charge is -2.28. The number of hydrogen-bond donors (Lipinski definition) is 0. The van der Waals surface area contributed by atoms with Crippen LogP contribution in [0.4, 0.5) is 0 Å². The van der Waals surface area contributed by atoms with Gasteiger partial charge in [0.1, 0.15) is 4.75 Å². The summed E-state index contributed by atoms with van der Waals surface area (Å²) < 4.78 is 25.9. The van der Waals surface area contributed by atoms with E-state index in [1.165, 1.54) is 19.1 Å². The molecule has 0 aliphatic heterocycles. The van der Waals surface area contributed by atoms with Gasteiger partial charge in [0.2, 0.25) is 0 Å².